The highest BCUT2D eigenvalue weighted by Crippen LogP contribution is 2.33. The molecule has 1 aliphatic rings. The number of nitrogens with one attached hydrogen (secondary N) is 2. The molecule has 0 saturated carbocycles. The second-order valence-electron chi connectivity index (χ2n) is 6.56. The second-order valence-corrected chi connectivity index (χ2v) is 7.86. The lowest BCUT2D eigenvalue weighted by molar-refractivity contribution is 0.0921. The van der Waals surface area contributed by atoms with Gasteiger partial charge in [-0.2, -0.15) is 0 Å². The van der Waals surface area contributed by atoms with E-state index in [-0.39, 0.29) is 11.9 Å². The van der Waals surface area contributed by atoms with Gasteiger partial charge >= 0.3 is 0 Å². The van der Waals surface area contributed by atoms with Gasteiger partial charge in [-0.25, -0.2) is 0 Å². The van der Waals surface area contributed by atoms with Crippen LogP contribution in [0.1, 0.15) is 24.2 Å². The van der Waals surface area contributed by atoms with Gasteiger partial charge in [-0.05, 0) is 25.4 Å². The molecule has 0 bridgehead atoms. The first-order valence-corrected chi connectivity index (χ1v) is 10.2. The normalized spacial score (nSPS) is 19.0. The van der Waals surface area contributed by atoms with Gasteiger partial charge in [0, 0.05) is 44.2 Å². The third-order valence-corrected chi connectivity index (χ3v) is 5.64. The van der Waals surface area contributed by atoms with Crippen molar-refractivity contribution in [2.24, 2.45) is 0 Å². The fourth-order valence-corrected chi connectivity index (χ4v) is 4.09. The number of hydrogen-bond donors (Lipinski definition) is 2. The number of thioether (sulfide) groups is 1. The highest BCUT2D eigenvalue weighted by Gasteiger charge is 2.24. The van der Waals surface area contributed by atoms with Crippen LogP contribution in [0.25, 0.3) is 0 Å². The van der Waals surface area contributed by atoms with Crippen LogP contribution < -0.4 is 15.4 Å². The van der Waals surface area contributed by atoms with E-state index in [1.807, 2.05) is 19.2 Å². The molecule has 7 heteroatoms. The van der Waals surface area contributed by atoms with Crippen LogP contribution in [0.3, 0.4) is 0 Å². The minimum Gasteiger partial charge on any atom is -0.496 e. The number of benzene rings is 1. The molecule has 1 fully saturated rings. The van der Waals surface area contributed by atoms with Gasteiger partial charge in [-0.1, -0.05) is 13.8 Å². The number of carbonyl (C=O) groups excluding carboxylic acids is 1. The van der Waals surface area contributed by atoms with Crippen molar-refractivity contribution in [3.8, 4) is 5.75 Å². The number of likely N-dealkylation sites (N-methyl/N-ethyl adjacent to an activating group) is 2. The number of amides is 1. The van der Waals surface area contributed by atoms with Crippen molar-refractivity contribution in [1.82, 2.24) is 15.1 Å². The van der Waals surface area contributed by atoms with Crippen LogP contribution in [0, 0.1) is 0 Å². The summed E-state index contributed by atoms with van der Waals surface area (Å²) in [5.41, 5.74) is 1.58. The third-order valence-electron chi connectivity index (χ3n) is 4.71. The lowest BCUT2D eigenvalue weighted by Crippen LogP contribution is -2.46. The highest BCUT2D eigenvalue weighted by atomic mass is 32.2. The van der Waals surface area contributed by atoms with E-state index < -0.39 is 0 Å². The van der Waals surface area contributed by atoms with Gasteiger partial charge in [-0.15, -0.1) is 11.8 Å². The van der Waals surface area contributed by atoms with Crippen molar-refractivity contribution in [3.05, 3.63) is 17.7 Å². The number of hydrogen-bond acceptors (Lipinski definition) is 6. The number of methoxy groups -OCH3 is 1. The summed E-state index contributed by atoms with van der Waals surface area (Å²) in [7, 11) is 5.60. The minimum atomic E-state index is -0.0705. The highest BCUT2D eigenvalue weighted by molar-refractivity contribution is 7.99. The summed E-state index contributed by atoms with van der Waals surface area (Å²) >= 11 is 1.72. The molecular weight excluding hydrogens is 348 g/mol. The van der Waals surface area contributed by atoms with E-state index in [0.717, 1.165) is 49.1 Å². The maximum Gasteiger partial charge on any atom is 0.255 e. The van der Waals surface area contributed by atoms with E-state index in [4.69, 9.17) is 4.74 Å². The summed E-state index contributed by atoms with van der Waals surface area (Å²) < 4.78 is 5.49. The molecule has 26 heavy (non-hydrogen) atoms. The molecule has 1 aromatic rings. The Labute approximate surface area is 161 Å². The Morgan fingerprint density at radius 2 is 2.08 bits per heavy atom. The molecule has 1 amide bonds. The van der Waals surface area contributed by atoms with Crippen LogP contribution in [0.2, 0.25) is 0 Å². The van der Waals surface area contributed by atoms with Crippen LogP contribution in [0.15, 0.2) is 17.0 Å². The third kappa shape index (κ3) is 5.28. The summed E-state index contributed by atoms with van der Waals surface area (Å²) in [5.74, 6) is 1.47. The molecule has 1 saturated heterocycles. The lowest BCUT2D eigenvalue weighted by Gasteiger charge is -2.24. The van der Waals surface area contributed by atoms with Gasteiger partial charge < -0.3 is 25.2 Å². The molecule has 0 radical (unpaired) electrons. The van der Waals surface area contributed by atoms with Crippen LogP contribution in [-0.2, 0) is 0 Å². The Bertz CT molecular complexity index is 611. The second kappa shape index (κ2) is 10.0. The molecule has 1 heterocycles. The van der Waals surface area contributed by atoms with Crippen molar-refractivity contribution >= 4 is 23.4 Å². The molecule has 1 atom stereocenters. The van der Waals surface area contributed by atoms with Crippen LogP contribution in [-0.4, -0.2) is 81.4 Å². The number of rotatable bonds is 7. The summed E-state index contributed by atoms with van der Waals surface area (Å²) in [6.45, 7) is 9.06. The van der Waals surface area contributed by atoms with Crippen molar-refractivity contribution in [2.45, 2.75) is 24.8 Å². The van der Waals surface area contributed by atoms with E-state index in [9.17, 15) is 4.79 Å². The van der Waals surface area contributed by atoms with E-state index in [1.165, 1.54) is 0 Å². The van der Waals surface area contributed by atoms with Crippen molar-refractivity contribution in [3.63, 3.8) is 0 Å². The molecule has 6 nitrogen and oxygen atoms in total. The molecule has 1 aliphatic heterocycles. The average Bonchev–Trinajstić information content (AvgIpc) is 2.82. The van der Waals surface area contributed by atoms with Crippen molar-refractivity contribution in [2.75, 3.05) is 65.0 Å². The fourth-order valence-electron chi connectivity index (χ4n) is 3.26. The van der Waals surface area contributed by atoms with E-state index in [1.54, 1.807) is 18.9 Å². The topological polar surface area (TPSA) is 56.8 Å². The molecule has 146 valence electrons. The Morgan fingerprint density at radius 3 is 2.69 bits per heavy atom. The van der Waals surface area contributed by atoms with E-state index in [2.05, 4.69) is 41.3 Å². The maximum atomic E-state index is 13.0. The Kier molecular flexibility index (Phi) is 8.06. The Hall–Kier alpha value is -1.44. The molecule has 0 aliphatic carbocycles. The molecule has 0 spiro atoms. The quantitative estimate of drug-likeness (QED) is 0.708. The van der Waals surface area contributed by atoms with Gasteiger partial charge in [0.25, 0.3) is 5.91 Å². The SMILES string of the molecule is CCSc1cc(C(=O)NC2CN(C)CCN(CC)C2)c(OC)cc1NC. The fraction of sp³-hybridized carbons (Fsp3) is 0.632. The van der Waals surface area contributed by atoms with Crippen LogP contribution in [0.5, 0.6) is 5.75 Å². The van der Waals surface area contributed by atoms with E-state index in [0.29, 0.717) is 11.3 Å². The predicted octanol–water partition coefficient (Wildman–Crippen LogP) is 2.21. The number of ether oxygens (including phenoxy) is 1. The number of nitrogens with zero attached hydrogens (tertiary/aromatic N) is 2. The van der Waals surface area contributed by atoms with Crippen LogP contribution >= 0.6 is 11.8 Å². The lowest BCUT2D eigenvalue weighted by atomic mass is 10.1. The van der Waals surface area contributed by atoms with Gasteiger partial charge in [-0.3, -0.25) is 4.79 Å². The number of anilines is 1. The molecule has 1 aromatic carbocycles. The predicted molar refractivity (Wildman–Crippen MR) is 110 cm³/mol. The molecule has 2 N–H and O–H groups in total. The minimum absolute atomic E-state index is 0.0705. The summed E-state index contributed by atoms with van der Waals surface area (Å²) in [4.78, 5) is 18.7. The maximum absolute atomic E-state index is 13.0. The summed E-state index contributed by atoms with van der Waals surface area (Å²) in [5, 5.41) is 6.40. The smallest absolute Gasteiger partial charge is 0.255 e. The standard InChI is InChI=1S/C19H32N4O2S/c1-6-23-9-8-22(4)12-14(13-23)21-19(24)15-10-18(26-7-2)16(20-3)11-17(15)25-5/h10-11,14,20H,6-9,12-13H2,1-5H3,(H,21,24). The Balaban J connectivity index is 2.23. The van der Waals surface area contributed by atoms with Gasteiger partial charge in [0.2, 0.25) is 0 Å². The van der Waals surface area contributed by atoms with Crippen LogP contribution in [0.4, 0.5) is 5.69 Å². The van der Waals surface area contributed by atoms with Gasteiger partial charge in [0.15, 0.2) is 0 Å². The first-order chi connectivity index (χ1) is 12.5. The zero-order valence-corrected chi connectivity index (χ0v) is 17.4. The number of carbonyl (C=O) groups is 1. The molecule has 2 rings (SSSR count). The largest absolute Gasteiger partial charge is 0.496 e. The van der Waals surface area contributed by atoms with Gasteiger partial charge in [0.1, 0.15) is 5.75 Å². The first-order valence-electron chi connectivity index (χ1n) is 9.26. The zero-order chi connectivity index (χ0) is 19.1. The molecule has 1 unspecified atom stereocenters. The van der Waals surface area contributed by atoms with Crippen molar-refractivity contribution < 1.29 is 9.53 Å². The first kappa shape index (κ1) is 20.9. The molecular formula is C19H32N4O2S. The summed E-state index contributed by atoms with van der Waals surface area (Å²) in [6.07, 6.45) is 0. The Morgan fingerprint density at radius 1 is 1.31 bits per heavy atom. The van der Waals surface area contributed by atoms with Gasteiger partial charge in [0.05, 0.1) is 24.4 Å². The molecule has 0 aromatic heterocycles. The monoisotopic (exact) mass is 380 g/mol. The zero-order valence-electron chi connectivity index (χ0n) is 16.6. The average molecular weight is 381 g/mol. The summed E-state index contributed by atoms with van der Waals surface area (Å²) in [6, 6.07) is 3.95. The van der Waals surface area contributed by atoms with E-state index >= 15 is 0 Å². The van der Waals surface area contributed by atoms with Crippen molar-refractivity contribution in [1.29, 1.82) is 0 Å².